The predicted molar refractivity (Wildman–Crippen MR) is 88.4 cm³/mol. The lowest BCUT2D eigenvalue weighted by Gasteiger charge is -1.99. The monoisotopic (exact) mass is 332 g/mol. The van der Waals surface area contributed by atoms with Crippen molar-refractivity contribution in [2.45, 2.75) is 0 Å². The SMILES string of the molecule is O=C(O)c1cccc2[nH]c(/C=C/c3cccc(Cl)c3Cl)nc12. The third-order valence-corrected chi connectivity index (χ3v) is 4.00. The van der Waals surface area contributed by atoms with Gasteiger partial charge in [0.05, 0.1) is 21.1 Å². The molecule has 0 spiro atoms. The van der Waals surface area contributed by atoms with Crippen molar-refractivity contribution >= 4 is 52.4 Å². The molecule has 1 heterocycles. The van der Waals surface area contributed by atoms with Crippen LogP contribution in [0.5, 0.6) is 0 Å². The van der Waals surface area contributed by atoms with E-state index in [1.54, 1.807) is 36.4 Å². The number of H-pyrrole nitrogens is 1. The number of hydrogen-bond donors (Lipinski definition) is 2. The zero-order valence-corrected chi connectivity index (χ0v) is 12.7. The highest BCUT2D eigenvalue weighted by Gasteiger charge is 2.11. The summed E-state index contributed by atoms with van der Waals surface area (Å²) in [4.78, 5) is 18.5. The Labute approximate surface area is 136 Å². The number of nitrogens with zero attached hydrogens (tertiary/aromatic N) is 1. The number of nitrogens with one attached hydrogen (secondary N) is 1. The Morgan fingerprint density at radius 2 is 1.91 bits per heavy atom. The van der Waals surface area contributed by atoms with Crippen molar-refractivity contribution in [3.63, 3.8) is 0 Å². The average Bonchev–Trinajstić information content (AvgIpc) is 2.91. The normalized spacial score (nSPS) is 11.4. The molecule has 3 aromatic rings. The Balaban J connectivity index is 2.01. The van der Waals surface area contributed by atoms with Gasteiger partial charge in [-0.1, -0.05) is 41.4 Å². The largest absolute Gasteiger partial charge is 0.478 e. The third kappa shape index (κ3) is 2.71. The maximum Gasteiger partial charge on any atom is 0.337 e. The summed E-state index contributed by atoms with van der Waals surface area (Å²) in [7, 11) is 0. The predicted octanol–water partition coefficient (Wildman–Crippen LogP) is 4.74. The number of carbonyl (C=O) groups is 1. The number of imidazole rings is 1. The molecule has 0 atom stereocenters. The van der Waals surface area contributed by atoms with Crippen molar-refractivity contribution in [3.05, 3.63) is 63.4 Å². The molecule has 0 bridgehead atoms. The molecule has 1 aromatic heterocycles. The van der Waals surface area contributed by atoms with E-state index in [1.807, 2.05) is 6.07 Å². The molecule has 0 fully saturated rings. The Kier molecular flexibility index (Phi) is 3.88. The van der Waals surface area contributed by atoms with Crippen LogP contribution in [0.15, 0.2) is 36.4 Å². The van der Waals surface area contributed by atoms with Gasteiger partial charge in [-0.05, 0) is 35.9 Å². The number of para-hydroxylation sites is 1. The molecule has 0 aliphatic carbocycles. The first kappa shape index (κ1) is 14.6. The van der Waals surface area contributed by atoms with E-state index in [9.17, 15) is 4.79 Å². The van der Waals surface area contributed by atoms with Gasteiger partial charge in [-0.15, -0.1) is 0 Å². The minimum atomic E-state index is -1.01. The summed E-state index contributed by atoms with van der Waals surface area (Å²) in [5.74, 6) is -0.467. The zero-order valence-electron chi connectivity index (χ0n) is 11.2. The fourth-order valence-electron chi connectivity index (χ4n) is 2.12. The second kappa shape index (κ2) is 5.83. The fourth-order valence-corrected chi connectivity index (χ4v) is 2.49. The number of aromatic amines is 1. The molecule has 6 heteroatoms. The van der Waals surface area contributed by atoms with Crippen molar-refractivity contribution in [1.29, 1.82) is 0 Å². The van der Waals surface area contributed by atoms with E-state index in [0.29, 0.717) is 26.9 Å². The Morgan fingerprint density at radius 1 is 1.14 bits per heavy atom. The number of aromatic carboxylic acids is 1. The molecular formula is C16H10Cl2N2O2. The summed E-state index contributed by atoms with van der Waals surface area (Å²) in [5, 5.41) is 10.1. The summed E-state index contributed by atoms with van der Waals surface area (Å²) >= 11 is 12.1. The fraction of sp³-hybridized carbons (Fsp3) is 0. The number of carboxylic acids is 1. The zero-order chi connectivity index (χ0) is 15.7. The Morgan fingerprint density at radius 3 is 2.68 bits per heavy atom. The van der Waals surface area contributed by atoms with E-state index in [4.69, 9.17) is 28.3 Å². The lowest BCUT2D eigenvalue weighted by Crippen LogP contribution is -1.96. The Hall–Kier alpha value is -2.30. The number of carboxylic acid groups (broad SMARTS) is 1. The number of benzene rings is 2. The minimum absolute atomic E-state index is 0.161. The van der Waals surface area contributed by atoms with Gasteiger partial charge < -0.3 is 10.1 Å². The first-order chi connectivity index (χ1) is 10.6. The number of aromatic nitrogens is 2. The summed E-state index contributed by atoms with van der Waals surface area (Å²) in [6, 6.07) is 10.3. The molecule has 110 valence electrons. The van der Waals surface area contributed by atoms with Gasteiger partial charge in [0.25, 0.3) is 0 Å². The smallest absolute Gasteiger partial charge is 0.337 e. The highest BCUT2D eigenvalue weighted by Crippen LogP contribution is 2.27. The van der Waals surface area contributed by atoms with Gasteiger partial charge in [-0.3, -0.25) is 0 Å². The minimum Gasteiger partial charge on any atom is -0.478 e. The maximum absolute atomic E-state index is 11.2. The molecule has 0 radical (unpaired) electrons. The molecule has 2 aromatic carbocycles. The van der Waals surface area contributed by atoms with Crippen LogP contribution in [0.2, 0.25) is 10.0 Å². The molecule has 4 nitrogen and oxygen atoms in total. The van der Waals surface area contributed by atoms with Gasteiger partial charge in [0.15, 0.2) is 0 Å². The summed E-state index contributed by atoms with van der Waals surface area (Å²) in [6.45, 7) is 0. The van der Waals surface area contributed by atoms with Gasteiger partial charge in [-0.25, -0.2) is 9.78 Å². The molecule has 3 rings (SSSR count). The van der Waals surface area contributed by atoms with Crippen LogP contribution < -0.4 is 0 Å². The van der Waals surface area contributed by atoms with E-state index in [2.05, 4.69) is 9.97 Å². The van der Waals surface area contributed by atoms with Gasteiger partial charge >= 0.3 is 5.97 Å². The highest BCUT2D eigenvalue weighted by molar-refractivity contribution is 6.42. The van der Waals surface area contributed by atoms with Gasteiger partial charge in [0.2, 0.25) is 0 Å². The third-order valence-electron chi connectivity index (χ3n) is 3.16. The van der Waals surface area contributed by atoms with Crippen molar-refractivity contribution in [3.8, 4) is 0 Å². The highest BCUT2D eigenvalue weighted by atomic mass is 35.5. The molecule has 0 aliphatic rings. The average molecular weight is 333 g/mol. The van der Waals surface area contributed by atoms with Crippen molar-refractivity contribution in [2.75, 3.05) is 0 Å². The van der Waals surface area contributed by atoms with Crippen LogP contribution in [0, 0.1) is 0 Å². The second-order valence-electron chi connectivity index (χ2n) is 4.61. The number of hydrogen-bond acceptors (Lipinski definition) is 2. The first-order valence-electron chi connectivity index (χ1n) is 6.40. The van der Waals surface area contributed by atoms with Crippen LogP contribution in [0.4, 0.5) is 0 Å². The lowest BCUT2D eigenvalue weighted by molar-refractivity contribution is 0.0699. The van der Waals surface area contributed by atoms with Gasteiger partial charge in [-0.2, -0.15) is 0 Å². The van der Waals surface area contributed by atoms with E-state index < -0.39 is 5.97 Å². The molecule has 0 saturated carbocycles. The van der Waals surface area contributed by atoms with E-state index >= 15 is 0 Å². The maximum atomic E-state index is 11.2. The molecule has 0 unspecified atom stereocenters. The van der Waals surface area contributed by atoms with Crippen molar-refractivity contribution < 1.29 is 9.90 Å². The lowest BCUT2D eigenvalue weighted by atomic mass is 10.2. The van der Waals surface area contributed by atoms with Crippen LogP contribution >= 0.6 is 23.2 Å². The van der Waals surface area contributed by atoms with E-state index in [-0.39, 0.29) is 5.56 Å². The molecule has 2 N–H and O–H groups in total. The molecule has 0 amide bonds. The first-order valence-corrected chi connectivity index (χ1v) is 7.16. The quantitative estimate of drug-likeness (QED) is 0.728. The summed E-state index contributed by atoms with van der Waals surface area (Å²) in [6.07, 6.45) is 3.50. The number of rotatable bonds is 3. The van der Waals surface area contributed by atoms with Crippen LogP contribution in [-0.4, -0.2) is 21.0 Å². The van der Waals surface area contributed by atoms with Crippen molar-refractivity contribution in [1.82, 2.24) is 9.97 Å². The molecule has 0 saturated heterocycles. The number of fused-ring (bicyclic) bond motifs is 1. The molecular weight excluding hydrogens is 323 g/mol. The van der Waals surface area contributed by atoms with E-state index in [0.717, 1.165) is 5.56 Å². The van der Waals surface area contributed by atoms with Gasteiger partial charge in [0.1, 0.15) is 11.3 Å². The standard InChI is InChI=1S/C16H10Cl2N2O2/c17-11-5-1-3-9(14(11)18)7-8-13-19-12-6-2-4-10(16(21)22)15(12)20-13/h1-8H,(H,19,20)(H,21,22)/b8-7+. The van der Waals surface area contributed by atoms with E-state index in [1.165, 1.54) is 6.07 Å². The molecule has 22 heavy (non-hydrogen) atoms. The number of halogens is 2. The van der Waals surface area contributed by atoms with Crippen LogP contribution in [0.25, 0.3) is 23.2 Å². The van der Waals surface area contributed by atoms with Gasteiger partial charge in [0, 0.05) is 0 Å². The topological polar surface area (TPSA) is 66.0 Å². The molecule has 0 aliphatic heterocycles. The van der Waals surface area contributed by atoms with Crippen molar-refractivity contribution in [2.24, 2.45) is 0 Å². The summed E-state index contributed by atoms with van der Waals surface area (Å²) in [5.41, 5.74) is 2.01. The van der Waals surface area contributed by atoms with Crippen LogP contribution in [0.1, 0.15) is 21.7 Å². The summed E-state index contributed by atoms with van der Waals surface area (Å²) < 4.78 is 0. The van der Waals surface area contributed by atoms with Crippen LogP contribution in [0.3, 0.4) is 0 Å². The Bertz CT molecular complexity index is 900. The second-order valence-corrected chi connectivity index (χ2v) is 5.39. The van der Waals surface area contributed by atoms with Crippen LogP contribution in [-0.2, 0) is 0 Å².